The van der Waals surface area contributed by atoms with Gasteiger partial charge in [0.15, 0.2) is 0 Å². The molecule has 0 amide bonds. The zero-order valence-corrected chi connectivity index (χ0v) is 12.4. The minimum Gasteiger partial charge on any atom is -0.392 e. The first-order chi connectivity index (χ1) is 7.83. The van der Waals surface area contributed by atoms with E-state index in [0.717, 1.165) is 25.2 Å². The van der Waals surface area contributed by atoms with Crippen LogP contribution in [-0.4, -0.2) is 25.7 Å². The molecule has 0 aliphatic heterocycles. The summed E-state index contributed by atoms with van der Waals surface area (Å²) < 4.78 is 25.2. The first-order valence-corrected chi connectivity index (χ1v) is 8.15. The summed E-state index contributed by atoms with van der Waals surface area (Å²) in [5, 5.41) is 0. The first-order valence-electron chi connectivity index (χ1n) is 6.09. The lowest BCUT2D eigenvalue weighted by molar-refractivity contribution is 0.518. The highest BCUT2D eigenvalue weighted by atomic mass is 32.2. The highest BCUT2D eigenvalue weighted by molar-refractivity contribution is 7.92. The predicted molar refractivity (Wildman–Crippen MR) is 76.5 cm³/mol. The van der Waals surface area contributed by atoms with Crippen LogP contribution in [0.3, 0.4) is 0 Å². The Morgan fingerprint density at radius 1 is 1.24 bits per heavy atom. The number of hydrogen-bond acceptors (Lipinski definition) is 3. The van der Waals surface area contributed by atoms with Gasteiger partial charge in [0.1, 0.15) is 5.75 Å². The van der Waals surface area contributed by atoms with Crippen molar-refractivity contribution >= 4 is 27.2 Å². The number of thiocarbonyl (C=S) groups is 1. The van der Waals surface area contributed by atoms with Crippen molar-refractivity contribution in [2.75, 3.05) is 12.3 Å². The zero-order chi connectivity index (χ0) is 13.3. The molecule has 0 saturated heterocycles. The van der Waals surface area contributed by atoms with E-state index in [4.69, 9.17) is 5.73 Å². The molecule has 0 unspecified atom stereocenters. The Morgan fingerprint density at radius 3 is 2.35 bits per heavy atom. The lowest BCUT2D eigenvalue weighted by Gasteiger charge is -2.06. The van der Waals surface area contributed by atoms with Gasteiger partial charge in [0.05, 0.1) is 4.99 Å². The molecule has 0 fully saturated rings. The molecule has 0 heterocycles. The van der Waals surface area contributed by atoms with Crippen LogP contribution in [0.5, 0.6) is 0 Å². The van der Waals surface area contributed by atoms with Gasteiger partial charge in [0.2, 0.25) is 10.0 Å². The van der Waals surface area contributed by atoms with Crippen molar-refractivity contribution in [1.82, 2.24) is 4.72 Å². The summed E-state index contributed by atoms with van der Waals surface area (Å²) in [6, 6.07) is 0. The maximum Gasteiger partial charge on any atom is 0.218 e. The summed E-state index contributed by atoms with van der Waals surface area (Å²) in [4.78, 5) is 0.00873. The molecule has 0 aliphatic carbocycles. The van der Waals surface area contributed by atoms with E-state index in [1.165, 1.54) is 12.8 Å². The second kappa shape index (κ2) is 8.83. The molecule has 6 heteroatoms. The van der Waals surface area contributed by atoms with Gasteiger partial charge in [-0.15, -0.1) is 0 Å². The van der Waals surface area contributed by atoms with Gasteiger partial charge in [-0.25, -0.2) is 13.1 Å². The molecule has 0 aromatic carbocycles. The van der Waals surface area contributed by atoms with Crippen molar-refractivity contribution in [3.05, 3.63) is 0 Å². The Labute approximate surface area is 110 Å². The molecule has 0 atom stereocenters. The molecule has 0 rings (SSSR count). The predicted octanol–water partition coefficient (Wildman–Crippen LogP) is 1.80. The van der Waals surface area contributed by atoms with E-state index in [2.05, 4.69) is 30.8 Å². The molecule has 0 saturated carbocycles. The zero-order valence-electron chi connectivity index (χ0n) is 10.7. The van der Waals surface area contributed by atoms with Crippen LogP contribution in [0.4, 0.5) is 0 Å². The van der Waals surface area contributed by atoms with Crippen molar-refractivity contribution in [3.8, 4) is 0 Å². The Hall–Kier alpha value is -0.200. The Kier molecular flexibility index (Phi) is 8.72. The lowest BCUT2D eigenvalue weighted by Crippen LogP contribution is -2.32. The monoisotopic (exact) mass is 280 g/mol. The van der Waals surface area contributed by atoms with E-state index < -0.39 is 10.0 Å². The molecule has 0 radical (unpaired) electrons. The van der Waals surface area contributed by atoms with E-state index >= 15 is 0 Å². The SMILES string of the molecule is CC(C)CCCCCCNS(=O)(=O)CC(N)=S. The van der Waals surface area contributed by atoms with Gasteiger partial charge < -0.3 is 5.73 Å². The fourth-order valence-electron chi connectivity index (χ4n) is 1.50. The van der Waals surface area contributed by atoms with Gasteiger partial charge in [0, 0.05) is 6.54 Å². The lowest BCUT2D eigenvalue weighted by atomic mass is 10.0. The molecular formula is C11H24N2O2S2. The Morgan fingerprint density at radius 2 is 1.82 bits per heavy atom. The smallest absolute Gasteiger partial charge is 0.218 e. The molecular weight excluding hydrogens is 256 g/mol. The summed E-state index contributed by atoms with van der Waals surface area (Å²) in [6.45, 7) is 4.90. The fraction of sp³-hybridized carbons (Fsp3) is 0.909. The highest BCUT2D eigenvalue weighted by Crippen LogP contribution is 2.08. The van der Waals surface area contributed by atoms with Crippen molar-refractivity contribution < 1.29 is 8.42 Å². The van der Waals surface area contributed by atoms with E-state index in [1.807, 2.05) is 0 Å². The van der Waals surface area contributed by atoms with Crippen LogP contribution in [0, 0.1) is 5.92 Å². The van der Waals surface area contributed by atoms with Crippen LogP contribution in [-0.2, 0) is 10.0 Å². The quantitative estimate of drug-likeness (QED) is 0.473. The number of nitrogens with two attached hydrogens (primary N) is 1. The van der Waals surface area contributed by atoms with E-state index in [0.29, 0.717) is 6.54 Å². The second-order valence-electron chi connectivity index (χ2n) is 4.72. The van der Waals surface area contributed by atoms with Crippen molar-refractivity contribution in [2.24, 2.45) is 11.7 Å². The highest BCUT2D eigenvalue weighted by Gasteiger charge is 2.10. The van der Waals surface area contributed by atoms with E-state index in [-0.39, 0.29) is 10.7 Å². The van der Waals surface area contributed by atoms with Gasteiger partial charge in [-0.2, -0.15) is 0 Å². The van der Waals surface area contributed by atoms with Gasteiger partial charge in [-0.3, -0.25) is 0 Å². The maximum atomic E-state index is 11.3. The molecule has 0 aliphatic rings. The molecule has 0 aromatic rings. The van der Waals surface area contributed by atoms with Gasteiger partial charge in [-0.05, 0) is 12.3 Å². The third-order valence-corrected chi connectivity index (χ3v) is 4.02. The Balaban J connectivity index is 3.48. The minimum absolute atomic E-state index is 0.00873. The summed E-state index contributed by atoms with van der Waals surface area (Å²) >= 11 is 4.56. The van der Waals surface area contributed by atoms with Crippen LogP contribution in [0.25, 0.3) is 0 Å². The number of sulfonamides is 1. The van der Waals surface area contributed by atoms with Gasteiger partial charge >= 0.3 is 0 Å². The van der Waals surface area contributed by atoms with E-state index in [9.17, 15) is 8.42 Å². The maximum absolute atomic E-state index is 11.3. The molecule has 0 bridgehead atoms. The molecule has 102 valence electrons. The van der Waals surface area contributed by atoms with E-state index in [1.54, 1.807) is 0 Å². The summed E-state index contributed by atoms with van der Waals surface area (Å²) in [6.07, 6.45) is 5.55. The molecule has 17 heavy (non-hydrogen) atoms. The largest absolute Gasteiger partial charge is 0.392 e. The van der Waals surface area contributed by atoms with Crippen LogP contribution in [0.1, 0.15) is 46.0 Å². The standard InChI is InChI=1S/C11H24N2O2S2/c1-10(2)7-5-3-4-6-8-13-17(14,15)9-11(12)16/h10,13H,3-9H2,1-2H3,(H2,12,16). The molecule has 3 N–H and O–H groups in total. The minimum atomic E-state index is -3.30. The third-order valence-electron chi connectivity index (χ3n) is 2.36. The average molecular weight is 280 g/mol. The first kappa shape index (κ1) is 16.8. The van der Waals surface area contributed by atoms with Gasteiger partial charge in [0.25, 0.3) is 0 Å². The van der Waals surface area contributed by atoms with Crippen LogP contribution < -0.4 is 10.5 Å². The molecule has 0 spiro atoms. The molecule has 4 nitrogen and oxygen atoms in total. The van der Waals surface area contributed by atoms with Crippen LogP contribution >= 0.6 is 12.2 Å². The summed E-state index contributed by atoms with van der Waals surface area (Å²) in [5.41, 5.74) is 5.19. The Bertz CT molecular complexity index is 313. The molecule has 0 aromatic heterocycles. The second-order valence-corrected chi connectivity index (χ2v) is 7.05. The normalized spacial score (nSPS) is 11.9. The van der Waals surface area contributed by atoms with Crippen molar-refractivity contribution in [1.29, 1.82) is 0 Å². The third kappa shape index (κ3) is 12.1. The van der Waals surface area contributed by atoms with Gasteiger partial charge in [-0.1, -0.05) is 51.7 Å². The summed E-state index contributed by atoms with van der Waals surface area (Å²) in [5.74, 6) is 0.495. The number of hydrogen-bond donors (Lipinski definition) is 2. The topological polar surface area (TPSA) is 72.2 Å². The number of unbranched alkanes of at least 4 members (excludes halogenated alkanes) is 3. The van der Waals surface area contributed by atoms with Crippen molar-refractivity contribution in [2.45, 2.75) is 46.0 Å². The average Bonchev–Trinajstić information content (AvgIpc) is 2.13. The van der Waals surface area contributed by atoms with Crippen LogP contribution in [0.15, 0.2) is 0 Å². The fourth-order valence-corrected chi connectivity index (χ4v) is 2.89. The number of rotatable bonds is 10. The van der Waals surface area contributed by atoms with Crippen LogP contribution in [0.2, 0.25) is 0 Å². The van der Waals surface area contributed by atoms with Crippen molar-refractivity contribution in [3.63, 3.8) is 0 Å². The summed E-state index contributed by atoms with van der Waals surface area (Å²) in [7, 11) is -3.30. The number of nitrogens with one attached hydrogen (secondary N) is 1.